The topological polar surface area (TPSA) is 66.3 Å². The lowest BCUT2D eigenvalue weighted by molar-refractivity contribution is 0.149. The van der Waals surface area contributed by atoms with E-state index in [1.807, 2.05) is 16.8 Å². The van der Waals surface area contributed by atoms with E-state index in [-0.39, 0.29) is 11.6 Å². The Morgan fingerprint density at radius 1 is 1.00 bits per heavy atom. The van der Waals surface area contributed by atoms with Crippen LogP contribution in [0.15, 0.2) is 47.4 Å². The van der Waals surface area contributed by atoms with E-state index in [0.717, 1.165) is 55.7 Å². The molecule has 35 heavy (non-hydrogen) atoms. The Bertz CT molecular complexity index is 1210. The number of pyridine rings is 1. The molecular weight excluding hydrogens is 436 g/mol. The van der Waals surface area contributed by atoms with E-state index in [9.17, 15) is 4.79 Å². The maximum absolute atomic E-state index is 13.2. The van der Waals surface area contributed by atoms with Crippen molar-refractivity contribution in [1.29, 1.82) is 0 Å². The largest absolute Gasteiger partial charge is 0.369 e. The van der Waals surface area contributed by atoms with Crippen LogP contribution >= 0.6 is 0 Å². The average molecular weight is 475 g/mol. The van der Waals surface area contributed by atoms with Crippen LogP contribution in [0.2, 0.25) is 0 Å². The molecule has 0 spiro atoms. The van der Waals surface area contributed by atoms with E-state index in [1.54, 1.807) is 6.07 Å². The number of nitrogens with one attached hydrogen (secondary N) is 1. The molecular formula is C28H38N6O. The van der Waals surface area contributed by atoms with E-state index >= 15 is 0 Å². The third-order valence-electron chi connectivity index (χ3n) is 7.98. The number of rotatable bonds is 5. The minimum absolute atomic E-state index is 0.0310. The summed E-state index contributed by atoms with van der Waals surface area (Å²) in [6.07, 6.45) is 5.23. The summed E-state index contributed by atoms with van der Waals surface area (Å²) in [5, 5.41) is 4.27. The third-order valence-corrected chi connectivity index (χ3v) is 7.98. The molecule has 2 aromatic heterocycles. The highest BCUT2D eigenvalue weighted by Crippen LogP contribution is 2.41. The van der Waals surface area contributed by atoms with Gasteiger partial charge in [-0.1, -0.05) is 27.2 Å². The van der Waals surface area contributed by atoms with Crippen molar-refractivity contribution in [2.75, 3.05) is 43.4 Å². The van der Waals surface area contributed by atoms with Gasteiger partial charge in [0.1, 0.15) is 5.65 Å². The number of hydrogen-bond donors (Lipinski definition) is 1. The second kappa shape index (κ2) is 9.97. The third kappa shape index (κ3) is 5.06. The lowest BCUT2D eigenvalue weighted by atomic mass is 9.74. The van der Waals surface area contributed by atoms with Crippen LogP contribution < -0.4 is 15.8 Å². The van der Waals surface area contributed by atoms with Gasteiger partial charge in [-0.2, -0.15) is 4.98 Å². The van der Waals surface area contributed by atoms with Crippen molar-refractivity contribution in [3.8, 4) is 0 Å². The summed E-state index contributed by atoms with van der Waals surface area (Å²) in [6, 6.07) is 12.2. The molecule has 1 N–H and O–H groups in total. The molecule has 3 heterocycles. The summed E-state index contributed by atoms with van der Waals surface area (Å²) in [7, 11) is 2.17. The number of aromatic nitrogens is 3. The second-order valence-electron chi connectivity index (χ2n) is 10.9. The van der Waals surface area contributed by atoms with E-state index in [1.165, 1.54) is 12.1 Å². The standard InChI is InChI=1S/C28H38N6O/c1-19(2)24-11-5-20(3)17-25(24)34-26(35)12-6-21-18-29-28(31-27(21)34)30-22-7-9-23(10-8-22)33-15-13-32(4)14-16-33/h6-10,12,18-20,24-25H,5,11,13-17H2,1-4H3,(H,29,30,31). The molecule has 7 heteroatoms. The molecule has 2 fully saturated rings. The van der Waals surface area contributed by atoms with Gasteiger partial charge in [0.05, 0.1) is 0 Å². The Morgan fingerprint density at radius 2 is 1.74 bits per heavy atom. The van der Waals surface area contributed by atoms with Gasteiger partial charge in [0.25, 0.3) is 5.56 Å². The first-order valence-electron chi connectivity index (χ1n) is 13.1. The van der Waals surface area contributed by atoms with Crippen molar-refractivity contribution >= 4 is 28.4 Å². The molecule has 1 saturated heterocycles. The SMILES string of the molecule is CC1CCC(C(C)C)C(n2c(=O)ccc3cnc(Nc4ccc(N5CCN(C)CC5)cc4)nc32)C1. The van der Waals surface area contributed by atoms with E-state index in [2.05, 4.69) is 72.2 Å². The minimum Gasteiger partial charge on any atom is -0.369 e. The van der Waals surface area contributed by atoms with Gasteiger partial charge >= 0.3 is 0 Å². The maximum Gasteiger partial charge on any atom is 0.252 e. The van der Waals surface area contributed by atoms with Crippen LogP contribution in [-0.2, 0) is 0 Å². The maximum atomic E-state index is 13.2. The van der Waals surface area contributed by atoms with Gasteiger partial charge in [0, 0.05) is 61.2 Å². The molecule has 3 unspecified atom stereocenters. The number of benzene rings is 1. The van der Waals surface area contributed by atoms with Gasteiger partial charge in [-0.25, -0.2) is 4.98 Å². The molecule has 5 rings (SSSR count). The van der Waals surface area contributed by atoms with Crippen LogP contribution in [0.4, 0.5) is 17.3 Å². The summed E-state index contributed by atoms with van der Waals surface area (Å²) >= 11 is 0. The van der Waals surface area contributed by atoms with Crippen molar-refractivity contribution in [3.05, 3.63) is 52.9 Å². The fraction of sp³-hybridized carbons (Fsp3) is 0.536. The highest BCUT2D eigenvalue weighted by atomic mass is 16.1. The van der Waals surface area contributed by atoms with Crippen LogP contribution in [0.5, 0.6) is 0 Å². The first kappa shape index (κ1) is 23.8. The van der Waals surface area contributed by atoms with Crippen molar-refractivity contribution in [1.82, 2.24) is 19.4 Å². The zero-order valence-corrected chi connectivity index (χ0v) is 21.4. The predicted octanol–water partition coefficient (Wildman–Crippen LogP) is 4.92. The summed E-state index contributed by atoms with van der Waals surface area (Å²) in [5.41, 5.74) is 2.94. The van der Waals surface area contributed by atoms with Crippen LogP contribution in [0.3, 0.4) is 0 Å². The molecule has 1 aliphatic carbocycles. The first-order valence-corrected chi connectivity index (χ1v) is 13.1. The van der Waals surface area contributed by atoms with E-state index in [4.69, 9.17) is 4.98 Å². The lowest BCUT2D eigenvalue weighted by Crippen LogP contribution is -2.44. The Balaban J connectivity index is 1.43. The number of hydrogen-bond acceptors (Lipinski definition) is 6. The number of likely N-dealkylation sites (N-methyl/N-ethyl adjacent to an activating group) is 1. The lowest BCUT2D eigenvalue weighted by Gasteiger charge is -2.38. The van der Waals surface area contributed by atoms with Gasteiger partial charge in [-0.15, -0.1) is 0 Å². The van der Waals surface area contributed by atoms with Crippen LogP contribution in [0.25, 0.3) is 11.0 Å². The summed E-state index contributed by atoms with van der Waals surface area (Å²) in [5.74, 6) is 2.13. The molecule has 1 saturated carbocycles. The predicted molar refractivity (Wildman–Crippen MR) is 144 cm³/mol. The summed E-state index contributed by atoms with van der Waals surface area (Å²) in [6.45, 7) is 11.1. The fourth-order valence-electron chi connectivity index (χ4n) is 5.82. The molecule has 0 radical (unpaired) electrons. The van der Waals surface area contributed by atoms with Crippen molar-refractivity contribution < 1.29 is 0 Å². The van der Waals surface area contributed by atoms with Gasteiger partial charge < -0.3 is 15.1 Å². The van der Waals surface area contributed by atoms with Crippen LogP contribution in [-0.4, -0.2) is 52.7 Å². The fourth-order valence-corrected chi connectivity index (χ4v) is 5.82. The highest BCUT2D eigenvalue weighted by molar-refractivity contribution is 5.76. The first-order chi connectivity index (χ1) is 16.9. The number of fused-ring (bicyclic) bond motifs is 1. The van der Waals surface area contributed by atoms with Crippen molar-refractivity contribution in [2.45, 2.75) is 46.1 Å². The van der Waals surface area contributed by atoms with Crippen molar-refractivity contribution in [2.24, 2.45) is 17.8 Å². The smallest absolute Gasteiger partial charge is 0.252 e. The summed E-state index contributed by atoms with van der Waals surface area (Å²) < 4.78 is 1.96. The highest BCUT2D eigenvalue weighted by Gasteiger charge is 2.33. The zero-order chi connectivity index (χ0) is 24.5. The number of nitrogens with zero attached hydrogens (tertiary/aromatic N) is 5. The van der Waals surface area contributed by atoms with Gasteiger partial charge in [0.15, 0.2) is 0 Å². The number of anilines is 3. The summed E-state index contributed by atoms with van der Waals surface area (Å²) in [4.78, 5) is 27.4. The molecule has 186 valence electrons. The van der Waals surface area contributed by atoms with Gasteiger partial charge in [-0.05, 0) is 68.0 Å². The quantitative estimate of drug-likeness (QED) is 0.566. The Hall–Kier alpha value is -2.93. The van der Waals surface area contributed by atoms with Gasteiger partial charge in [0.2, 0.25) is 5.95 Å². The molecule has 1 aromatic carbocycles. The van der Waals surface area contributed by atoms with Gasteiger partial charge in [-0.3, -0.25) is 9.36 Å². The molecule has 7 nitrogen and oxygen atoms in total. The van der Waals surface area contributed by atoms with Crippen molar-refractivity contribution in [3.63, 3.8) is 0 Å². The van der Waals surface area contributed by atoms with E-state index < -0.39 is 0 Å². The molecule has 2 aliphatic rings. The minimum atomic E-state index is 0.0310. The van der Waals surface area contributed by atoms with E-state index in [0.29, 0.717) is 23.7 Å². The van der Waals surface area contributed by atoms with Crippen LogP contribution in [0.1, 0.15) is 46.1 Å². The molecule has 0 bridgehead atoms. The number of piperazine rings is 1. The molecule has 1 aliphatic heterocycles. The van der Waals surface area contributed by atoms with Crippen LogP contribution in [0, 0.1) is 17.8 Å². The Kier molecular flexibility index (Phi) is 6.78. The molecule has 0 amide bonds. The molecule has 3 atom stereocenters. The monoisotopic (exact) mass is 474 g/mol. The Morgan fingerprint density at radius 3 is 2.46 bits per heavy atom. The molecule has 3 aromatic rings. The second-order valence-corrected chi connectivity index (χ2v) is 10.9. The average Bonchev–Trinajstić information content (AvgIpc) is 2.85. The zero-order valence-electron chi connectivity index (χ0n) is 21.4. The Labute approximate surface area is 208 Å². The normalized spacial score (nSPS) is 23.7.